The Hall–Kier alpha value is -2.81. The molecule has 0 bridgehead atoms. The van der Waals surface area contributed by atoms with Crippen molar-refractivity contribution in [2.75, 3.05) is 5.43 Å². The van der Waals surface area contributed by atoms with Gasteiger partial charge in [-0.05, 0) is 18.2 Å². The average molecular weight is 292 g/mol. The van der Waals surface area contributed by atoms with Crippen molar-refractivity contribution in [1.82, 2.24) is 0 Å². The molecule has 0 aliphatic carbocycles. The average Bonchev–Trinajstić information content (AvgIpc) is 2.88. The van der Waals surface area contributed by atoms with Gasteiger partial charge in [0.2, 0.25) is 0 Å². The predicted molar refractivity (Wildman–Crippen MR) is 75.3 cm³/mol. The zero-order chi connectivity index (χ0) is 14.5. The molecule has 2 rings (SSSR count). The molecule has 0 fully saturated rings. The first-order valence-corrected chi connectivity index (χ1v) is 6.15. The number of hydrazone groups is 1. The predicted octanol–water partition coefficient (Wildman–Crippen LogP) is 3.01. The van der Waals surface area contributed by atoms with Gasteiger partial charge in [-0.2, -0.15) is 5.10 Å². The molecule has 0 spiro atoms. The fourth-order valence-corrected chi connectivity index (χ4v) is 2.03. The van der Waals surface area contributed by atoms with Crippen molar-refractivity contribution in [2.24, 2.45) is 5.10 Å². The van der Waals surface area contributed by atoms with Crippen LogP contribution in [0.3, 0.4) is 0 Å². The Kier molecular flexibility index (Phi) is 4.01. The molecule has 2 aromatic rings. The van der Waals surface area contributed by atoms with Gasteiger partial charge in [0.05, 0.1) is 26.6 Å². The number of hydrogen-bond acceptors (Lipinski definition) is 7. The summed E-state index contributed by atoms with van der Waals surface area (Å²) < 4.78 is 0. The van der Waals surface area contributed by atoms with Gasteiger partial charge in [0.25, 0.3) is 5.69 Å². The minimum Gasteiger partial charge on any atom is -0.278 e. The third-order valence-electron chi connectivity index (χ3n) is 2.26. The molecule has 0 radical (unpaired) electrons. The minimum absolute atomic E-state index is 0.00610. The van der Waals surface area contributed by atoms with Crippen molar-refractivity contribution in [3.63, 3.8) is 0 Å². The van der Waals surface area contributed by atoms with E-state index in [0.717, 1.165) is 11.3 Å². The van der Waals surface area contributed by atoms with Crippen molar-refractivity contribution in [2.45, 2.75) is 0 Å². The molecule has 0 amide bonds. The Labute approximate surface area is 116 Å². The van der Waals surface area contributed by atoms with Crippen molar-refractivity contribution in [3.05, 3.63) is 61.5 Å². The van der Waals surface area contributed by atoms with Crippen LogP contribution < -0.4 is 5.43 Å². The van der Waals surface area contributed by atoms with Gasteiger partial charge in [0, 0.05) is 18.2 Å². The van der Waals surface area contributed by atoms with Crippen molar-refractivity contribution >= 4 is 33.9 Å². The molecule has 0 aliphatic heterocycles. The number of hydrogen-bond donors (Lipinski definition) is 1. The second-order valence-electron chi connectivity index (χ2n) is 3.61. The summed E-state index contributed by atoms with van der Waals surface area (Å²) in [7, 11) is 0. The molecule has 0 unspecified atom stereocenters. The van der Waals surface area contributed by atoms with E-state index in [0.29, 0.717) is 10.6 Å². The second-order valence-corrected chi connectivity index (χ2v) is 4.70. The summed E-state index contributed by atoms with van der Waals surface area (Å²) in [4.78, 5) is 20.6. The van der Waals surface area contributed by atoms with Gasteiger partial charge in [-0.25, -0.2) is 0 Å². The summed E-state index contributed by atoms with van der Waals surface area (Å²) in [5.74, 6) is 0. The monoisotopic (exact) mass is 292 g/mol. The van der Waals surface area contributed by atoms with Crippen LogP contribution in [-0.4, -0.2) is 16.1 Å². The Morgan fingerprint density at radius 2 is 1.75 bits per heavy atom. The lowest BCUT2D eigenvalue weighted by molar-refractivity contribution is -0.384. The molecule has 1 aromatic carbocycles. The second kappa shape index (κ2) is 5.89. The number of nitro groups is 2. The fraction of sp³-hybridized carbons (Fsp3) is 0. The van der Waals surface area contributed by atoms with Gasteiger partial charge in [0.1, 0.15) is 0 Å². The molecule has 0 aliphatic rings. The largest absolute Gasteiger partial charge is 0.324 e. The number of nitrogens with one attached hydrogen (secondary N) is 1. The Morgan fingerprint density at radius 1 is 1.05 bits per heavy atom. The highest BCUT2D eigenvalue weighted by Crippen LogP contribution is 2.22. The number of anilines is 1. The van der Waals surface area contributed by atoms with E-state index in [9.17, 15) is 20.2 Å². The van der Waals surface area contributed by atoms with Gasteiger partial charge >= 0.3 is 5.00 Å². The number of non-ortho nitro benzene ring substituents is 1. The van der Waals surface area contributed by atoms with Crippen LogP contribution in [0.5, 0.6) is 0 Å². The topological polar surface area (TPSA) is 111 Å². The number of benzene rings is 1. The van der Waals surface area contributed by atoms with Crippen molar-refractivity contribution < 1.29 is 9.85 Å². The van der Waals surface area contributed by atoms with Crippen LogP contribution in [0.15, 0.2) is 41.5 Å². The van der Waals surface area contributed by atoms with Crippen LogP contribution in [0.2, 0.25) is 0 Å². The van der Waals surface area contributed by atoms with Gasteiger partial charge in [-0.1, -0.05) is 11.3 Å². The summed E-state index contributed by atoms with van der Waals surface area (Å²) >= 11 is 1.00. The van der Waals surface area contributed by atoms with Crippen LogP contribution in [0, 0.1) is 20.2 Å². The van der Waals surface area contributed by atoms with Crippen LogP contribution in [-0.2, 0) is 0 Å². The van der Waals surface area contributed by atoms with Crippen LogP contribution >= 0.6 is 11.3 Å². The third kappa shape index (κ3) is 3.36. The normalized spacial score (nSPS) is 10.6. The number of thiophene rings is 1. The lowest BCUT2D eigenvalue weighted by Crippen LogP contribution is -1.91. The smallest absolute Gasteiger partial charge is 0.278 e. The lowest BCUT2D eigenvalue weighted by Gasteiger charge is -1.98. The molecule has 1 aromatic heterocycles. The minimum atomic E-state index is -0.488. The van der Waals surface area contributed by atoms with Crippen molar-refractivity contribution in [1.29, 1.82) is 0 Å². The van der Waals surface area contributed by atoms with Gasteiger partial charge in [-0.3, -0.25) is 25.7 Å². The van der Waals surface area contributed by atoms with Crippen LogP contribution in [0.4, 0.5) is 16.4 Å². The van der Waals surface area contributed by atoms with Gasteiger partial charge < -0.3 is 0 Å². The van der Waals surface area contributed by atoms with E-state index in [1.807, 2.05) is 0 Å². The van der Waals surface area contributed by atoms with E-state index < -0.39 is 9.85 Å². The van der Waals surface area contributed by atoms with Crippen molar-refractivity contribution in [3.8, 4) is 0 Å². The molecule has 9 heteroatoms. The molecule has 0 saturated heterocycles. The summed E-state index contributed by atoms with van der Waals surface area (Å²) in [6.45, 7) is 0. The van der Waals surface area contributed by atoms with E-state index in [1.165, 1.54) is 36.5 Å². The lowest BCUT2D eigenvalue weighted by atomic mass is 10.3. The first-order chi connectivity index (χ1) is 9.56. The Balaban J connectivity index is 1.98. The summed E-state index contributed by atoms with van der Waals surface area (Å²) in [6, 6.07) is 8.74. The maximum atomic E-state index is 10.5. The Bertz CT molecular complexity index is 665. The highest BCUT2D eigenvalue weighted by Gasteiger charge is 2.08. The molecule has 0 saturated carbocycles. The summed E-state index contributed by atoms with van der Waals surface area (Å²) in [6.07, 6.45) is 1.44. The standard InChI is InChI=1S/C11H8N4O4S/c16-14(17)9-3-1-8(2-4-9)13-12-7-10-5-6-11(20-10)15(18)19/h1-7,13H. The molecule has 102 valence electrons. The first kappa shape index (κ1) is 13.6. The molecule has 8 nitrogen and oxygen atoms in total. The maximum Gasteiger partial charge on any atom is 0.324 e. The molecule has 1 N–H and O–H groups in total. The van der Waals surface area contributed by atoms with Crippen LogP contribution in [0.1, 0.15) is 4.88 Å². The number of nitro benzene ring substituents is 1. The molecular weight excluding hydrogens is 284 g/mol. The van der Waals surface area contributed by atoms with E-state index in [2.05, 4.69) is 10.5 Å². The first-order valence-electron chi connectivity index (χ1n) is 5.34. The summed E-state index contributed by atoms with van der Waals surface area (Å²) in [5.41, 5.74) is 3.26. The Morgan fingerprint density at radius 3 is 2.30 bits per heavy atom. The highest BCUT2D eigenvalue weighted by atomic mass is 32.1. The highest BCUT2D eigenvalue weighted by molar-refractivity contribution is 7.16. The molecular formula is C11H8N4O4S. The zero-order valence-corrected chi connectivity index (χ0v) is 10.7. The SMILES string of the molecule is O=[N+]([O-])c1ccc(NN=Cc2ccc([N+](=O)[O-])s2)cc1. The quantitative estimate of drug-likeness (QED) is 0.517. The molecule has 20 heavy (non-hydrogen) atoms. The zero-order valence-electron chi connectivity index (χ0n) is 9.92. The number of nitrogens with zero attached hydrogens (tertiary/aromatic N) is 3. The van der Waals surface area contributed by atoms with Gasteiger partial charge in [0.15, 0.2) is 0 Å². The third-order valence-corrected chi connectivity index (χ3v) is 3.23. The number of rotatable bonds is 5. The molecule has 1 heterocycles. The van der Waals surface area contributed by atoms with E-state index in [4.69, 9.17) is 0 Å². The fourth-order valence-electron chi connectivity index (χ4n) is 1.34. The summed E-state index contributed by atoms with van der Waals surface area (Å²) in [5, 5.41) is 24.9. The van der Waals surface area contributed by atoms with Gasteiger partial charge in [-0.15, -0.1) is 0 Å². The van der Waals surface area contributed by atoms with E-state index in [-0.39, 0.29) is 10.7 Å². The van der Waals surface area contributed by atoms with E-state index in [1.54, 1.807) is 6.07 Å². The van der Waals surface area contributed by atoms with Crippen LogP contribution in [0.25, 0.3) is 0 Å². The molecule has 0 atom stereocenters. The maximum absolute atomic E-state index is 10.5. The van der Waals surface area contributed by atoms with E-state index >= 15 is 0 Å².